The molecule has 5 rings (SSSR count). The van der Waals surface area contributed by atoms with Crippen molar-refractivity contribution in [2.75, 3.05) is 7.11 Å². The van der Waals surface area contributed by atoms with Crippen LogP contribution >= 0.6 is 11.8 Å². The lowest BCUT2D eigenvalue weighted by Crippen LogP contribution is -2.24. The molecule has 0 saturated heterocycles. The minimum atomic E-state index is -0.515. The molecule has 0 unspecified atom stereocenters. The first-order valence-electron chi connectivity index (χ1n) is 10.3. The molecule has 0 atom stereocenters. The number of methoxy groups -OCH3 is 1. The van der Waals surface area contributed by atoms with Crippen molar-refractivity contribution in [3.63, 3.8) is 0 Å². The number of carbonyl (C=O) groups is 1. The van der Waals surface area contributed by atoms with Crippen molar-refractivity contribution in [1.82, 2.24) is 18.9 Å². The van der Waals surface area contributed by atoms with Crippen LogP contribution in [0.4, 0.5) is 0 Å². The van der Waals surface area contributed by atoms with E-state index in [4.69, 9.17) is 9.15 Å². The van der Waals surface area contributed by atoms with E-state index in [0.717, 1.165) is 0 Å². The van der Waals surface area contributed by atoms with E-state index in [2.05, 4.69) is 9.97 Å². The van der Waals surface area contributed by atoms with Crippen LogP contribution in [0.15, 0.2) is 86.2 Å². The highest BCUT2D eigenvalue weighted by molar-refractivity contribution is 7.98. The average molecular weight is 474 g/mol. The van der Waals surface area contributed by atoms with Crippen LogP contribution in [0.25, 0.3) is 16.6 Å². The Balaban J connectivity index is 1.57. The fraction of sp³-hybridized carbons (Fsp3) is 0.125. The molecule has 1 aromatic carbocycles. The Labute approximate surface area is 196 Å². The highest BCUT2D eigenvalue weighted by atomic mass is 32.2. The summed E-state index contributed by atoms with van der Waals surface area (Å²) in [4.78, 5) is 46.9. The Kier molecular flexibility index (Phi) is 5.72. The Morgan fingerprint density at radius 3 is 2.76 bits per heavy atom. The van der Waals surface area contributed by atoms with Crippen molar-refractivity contribution in [2.24, 2.45) is 0 Å². The molecule has 170 valence electrons. The van der Waals surface area contributed by atoms with Gasteiger partial charge in [-0.3, -0.25) is 18.6 Å². The molecule has 4 aromatic heterocycles. The lowest BCUT2D eigenvalue weighted by atomic mass is 10.1. The first-order chi connectivity index (χ1) is 16.5. The van der Waals surface area contributed by atoms with Crippen LogP contribution in [0, 0.1) is 0 Å². The molecule has 5 aromatic rings. The summed E-state index contributed by atoms with van der Waals surface area (Å²) in [5.41, 5.74) is 1.30. The first kappa shape index (κ1) is 21.7. The zero-order chi connectivity index (χ0) is 23.7. The van der Waals surface area contributed by atoms with Gasteiger partial charge in [0.1, 0.15) is 11.4 Å². The van der Waals surface area contributed by atoms with Gasteiger partial charge in [-0.05, 0) is 42.5 Å². The standard InChI is InChI=1S/C24H18N4O5S/c1-32-23(31)15-7-8-18-19(11-15)26-24(28(22(18)30)13-17-5-4-10-33-17)34-14-16-12-21(29)27-9-3-2-6-20(27)25-16/h2-12H,13-14H2,1H3. The maximum absolute atomic E-state index is 13.3. The van der Waals surface area contributed by atoms with Gasteiger partial charge in [-0.1, -0.05) is 17.8 Å². The third-order valence-corrected chi connectivity index (χ3v) is 6.22. The molecule has 0 bridgehead atoms. The second-order valence-electron chi connectivity index (χ2n) is 7.39. The largest absolute Gasteiger partial charge is 0.467 e. The number of carbonyl (C=O) groups excluding carboxylic acids is 1. The highest BCUT2D eigenvalue weighted by Crippen LogP contribution is 2.23. The molecule has 0 spiro atoms. The monoisotopic (exact) mass is 474 g/mol. The number of aromatic nitrogens is 4. The molecule has 34 heavy (non-hydrogen) atoms. The molecule has 0 saturated carbocycles. The topological polar surface area (TPSA) is 109 Å². The lowest BCUT2D eigenvalue weighted by Gasteiger charge is -2.12. The zero-order valence-corrected chi connectivity index (χ0v) is 18.8. The summed E-state index contributed by atoms with van der Waals surface area (Å²) < 4.78 is 13.2. The maximum atomic E-state index is 13.3. The number of esters is 1. The third-order valence-electron chi connectivity index (χ3n) is 5.21. The molecule has 0 aliphatic heterocycles. The molecular weight excluding hydrogens is 456 g/mol. The molecule has 10 heteroatoms. The normalized spacial score (nSPS) is 11.2. The summed E-state index contributed by atoms with van der Waals surface area (Å²) in [5.74, 6) is 0.393. The second kappa shape index (κ2) is 8.99. The minimum Gasteiger partial charge on any atom is -0.467 e. The average Bonchev–Trinajstić information content (AvgIpc) is 3.37. The van der Waals surface area contributed by atoms with Crippen LogP contribution in [0.3, 0.4) is 0 Å². The molecule has 4 heterocycles. The van der Waals surface area contributed by atoms with Crippen molar-refractivity contribution in [3.8, 4) is 0 Å². The molecule has 0 N–H and O–H groups in total. The summed E-state index contributed by atoms with van der Waals surface area (Å²) >= 11 is 1.27. The van der Waals surface area contributed by atoms with Gasteiger partial charge in [0.05, 0.1) is 42.1 Å². The number of pyridine rings is 1. The molecular formula is C24H18N4O5S. The number of hydrogen-bond acceptors (Lipinski definition) is 8. The van der Waals surface area contributed by atoms with Crippen molar-refractivity contribution in [1.29, 1.82) is 0 Å². The zero-order valence-electron chi connectivity index (χ0n) is 18.0. The molecule has 0 aliphatic rings. The van der Waals surface area contributed by atoms with Crippen LogP contribution in [0.5, 0.6) is 0 Å². The predicted octanol–water partition coefficient (Wildman–Crippen LogP) is 3.12. The van der Waals surface area contributed by atoms with E-state index in [9.17, 15) is 14.4 Å². The number of benzene rings is 1. The second-order valence-corrected chi connectivity index (χ2v) is 8.33. The molecule has 0 radical (unpaired) electrons. The molecule has 0 amide bonds. The quantitative estimate of drug-likeness (QED) is 0.210. The van der Waals surface area contributed by atoms with Crippen molar-refractivity contribution in [3.05, 3.63) is 105 Å². The summed E-state index contributed by atoms with van der Waals surface area (Å²) in [5, 5.41) is 0.775. The predicted molar refractivity (Wildman–Crippen MR) is 126 cm³/mol. The van der Waals surface area contributed by atoms with Crippen LogP contribution in [-0.2, 0) is 17.0 Å². The number of ether oxygens (including phenoxy) is 1. The molecule has 0 fully saturated rings. The van der Waals surface area contributed by atoms with Crippen LogP contribution in [0.2, 0.25) is 0 Å². The van der Waals surface area contributed by atoms with E-state index in [0.29, 0.717) is 44.5 Å². The number of rotatable bonds is 6. The van der Waals surface area contributed by atoms with Gasteiger partial charge in [0.2, 0.25) is 0 Å². The maximum Gasteiger partial charge on any atom is 0.337 e. The van der Waals surface area contributed by atoms with E-state index in [-0.39, 0.29) is 17.7 Å². The number of hydrogen-bond donors (Lipinski definition) is 0. The van der Waals surface area contributed by atoms with E-state index in [1.807, 2.05) is 6.07 Å². The smallest absolute Gasteiger partial charge is 0.337 e. The number of thioether (sulfide) groups is 1. The molecule has 9 nitrogen and oxygen atoms in total. The Bertz CT molecular complexity index is 1640. The van der Waals surface area contributed by atoms with Crippen molar-refractivity contribution in [2.45, 2.75) is 17.5 Å². The lowest BCUT2D eigenvalue weighted by molar-refractivity contribution is 0.0601. The summed E-state index contributed by atoms with van der Waals surface area (Å²) in [6.07, 6.45) is 3.20. The van der Waals surface area contributed by atoms with Gasteiger partial charge in [0.25, 0.3) is 11.1 Å². The van der Waals surface area contributed by atoms with Crippen LogP contribution in [-0.4, -0.2) is 32.0 Å². The Morgan fingerprint density at radius 2 is 1.97 bits per heavy atom. The van der Waals surface area contributed by atoms with Gasteiger partial charge >= 0.3 is 5.97 Å². The number of nitrogens with zero attached hydrogens (tertiary/aromatic N) is 4. The third kappa shape index (κ3) is 4.11. The van der Waals surface area contributed by atoms with Gasteiger partial charge in [0.15, 0.2) is 5.16 Å². The first-order valence-corrected chi connectivity index (χ1v) is 11.3. The fourth-order valence-corrected chi connectivity index (χ4v) is 4.46. The van der Waals surface area contributed by atoms with Gasteiger partial charge in [0, 0.05) is 18.0 Å². The van der Waals surface area contributed by atoms with Crippen molar-refractivity contribution < 1.29 is 13.9 Å². The molecule has 0 aliphatic carbocycles. The Hall–Kier alpha value is -4.18. The van der Waals surface area contributed by atoms with Crippen LogP contribution in [0.1, 0.15) is 21.8 Å². The number of fused-ring (bicyclic) bond motifs is 2. The van der Waals surface area contributed by atoms with Gasteiger partial charge in [-0.25, -0.2) is 14.8 Å². The van der Waals surface area contributed by atoms with E-state index in [1.54, 1.807) is 36.5 Å². The van der Waals surface area contributed by atoms with E-state index in [1.165, 1.54) is 52.3 Å². The van der Waals surface area contributed by atoms with E-state index >= 15 is 0 Å². The summed E-state index contributed by atoms with van der Waals surface area (Å²) in [6.45, 7) is 0.184. The summed E-state index contributed by atoms with van der Waals surface area (Å²) in [7, 11) is 1.29. The van der Waals surface area contributed by atoms with Gasteiger partial charge < -0.3 is 9.15 Å². The number of furan rings is 1. The minimum absolute atomic E-state index is 0.184. The SMILES string of the molecule is COC(=O)c1ccc2c(=O)n(Cc3ccco3)c(SCc3cc(=O)n4ccccc4n3)nc2c1. The fourth-order valence-electron chi connectivity index (χ4n) is 3.57. The van der Waals surface area contributed by atoms with Crippen LogP contribution < -0.4 is 11.1 Å². The van der Waals surface area contributed by atoms with Crippen molar-refractivity contribution >= 4 is 34.3 Å². The van der Waals surface area contributed by atoms with Gasteiger partial charge in [-0.15, -0.1) is 0 Å². The van der Waals surface area contributed by atoms with E-state index < -0.39 is 5.97 Å². The Morgan fingerprint density at radius 1 is 1.09 bits per heavy atom. The highest BCUT2D eigenvalue weighted by Gasteiger charge is 2.16. The summed E-state index contributed by atoms with van der Waals surface area (Å²) in [6, 6.07) is 14.9. The van der Waals surface area contributed by atoms with Gasteiger partial charge in [-0.2, -0.15) is 0 Å².